The fraction of sp³-hybridized carbons (Fsp3) is 0.529. The molecular weight excluding hydrogens is 382 g/mol. The number of hydrogen-bond donors (Lipinski definition) is 3. The zero-order valence-corrected chi connectivity index (χ0v) is 17.6. The van der Waals surface area contributed by atoms with Crippen LogP contribution in [0.4, 0.5) is 4.79 Å². The first-order valence-corrected chi connectivity index (χ1v) is 12.1. The quantitative estimate of drug-likeness (QED) is 0.198. The van der Waals surface area contributed by atoms with Gasteiger partial charge in [0.05, 0.1) is 19.3 Å². The van der Waals surface area contributed by atoms with E-state index in [1.54, 1.807) is 23.5 Å². The van der Waals surface area contributed by atoms with Crippen LogP contribution in [0.5, 0.6) is 0 Å². The molecule has 0 radical (unpaired) electrons. The number of carbonyl (C=O) groups is 3. The van der Waals surface area contributed by atoms with Crippen molar-refractivity contribution in [2.75, 3.05) is 26.2 Å². The number of rotatable bonds is 12. The van der Waals surface area contributed by atoms with E-state index in [9.17, 15) is 14.4 Å². The Morgan fingerprint density at radius 1 is 1.18 bits per heavy atom. The van der Waals surface area contributed by atoms with Crippen molar-refractivity contribution in [3.63, 3.8) is 0 Å². The number of ether oxygens (including phenoxy) is 1. The Labute approximate surface area is 165 Å². The lowest BCUT2D eigenvalue weighted by molar-refractivity contribution is -0.138. The van der Waals surface area contributed by atoms with Crippen LogP contribution >= 0.6 is 0 Å². The minimum atomic E-state index is -1.90. The van der Waals surface area contributed by atoms with Gasteiger partial charge in [0, 0.05) is 18.3 Å². The fourth-order valence-electron chi connectivity index (χ4n) is 2.09. The minimum Gasteiger partial charge on any atom is -0.469 e. The van der Waals surface area contributed by atoms with Crippen molar-refractivity contribution in [1.82, 2.24) is 25.7 Å². The summed E-state index contributed by atoms with van der Waals surface area (Å²) in [5, 5.41) is 7.67. The van der Waals surface area contributed by atoms with Gasteiger partial charge < -0.3 is 25.2 Å². The molecule has 156 valence electrons. The number of urea groups is 1. The number of nitrogens with one attached hydrogen (secondary N) is 3. The van der Waals surface area contributed by atoms with Gasteiger partial charge >= 0.3 is 12.0 Å². The van der Waals surface area contributed by atoms with E-state index < -0.39 is 20.3 Å². The normalized spacial score (nSPS) is 10.7. The van der Waals surface area contributed by atoms with Crippen molar-refractivity contribution < 1.29 is 23.6 Å². The molecule has 0 saturated heterocycles. The van der Waals surface area contributed by atoms with Gasteiger partial charge in [-0.3, -0.25) is 4.79 Å². The Morgan fingerprint density at radius 2 is 1.93 bits per heavy atom. The number of amides is 3. The Kier molecular flexibility index (Phi) is 9.78. The van der Waals surface area contributed by atoms with E-state index >= 15 is 0 Å². The van der Waals surface area contributed by atoms with Crippen molar-refractivity contribution >= 4 is 26.2 Å². The molecule has 10 nitrogen and oxygen atoms in total. The molecule has 0 fully saturated rings. The summed E-state index contributed by atoms with van der Waals surface area (Å²) in [5.74, 6) is -0.790. The highest BCUT2D eigenvalue weighted by atomic mass is 28.4. The van der Waals surface area contributed by atoms with Gasteiger partial charge in [0.2, 0.25) is 5.91 Å². The van der Waals surface area contributed by atoms with Crippen molar-refractivity contribution in [2.24, 2.45) is 0 Å². The van der Waals surface area contributed by atoms with E-state index in [1.165, 1.54) is 6.92 Å². The zero-order chi connectivity index (χ0) is 21.0. The van der Waals surface area contributed by atoms with Crippen LogP contribution in [0, 0.1) is 0 Å². The summed E-state index contributed by atoms with van der Waals surface area (Å²) in [5.41, 5.74) is 0.292. The lowest BCUT2D eigenvalue weighted by atomic mass is 10.4. The predicted octanol–water partition coefficient (Wildman–Crippen LogP) is 0.442. The summed E-state index contributed by atoms with van der Waals surface area (Å²) >= 11 is 0. The lowest BCUT2D eigenvalue weighted by Crippen LogP contribution is -2.43. The fourth-order valence-corrected chi connectivity index (χ4v) is 3.89. The summed E-state index contributed by atoms with van der Waals surface area (Å²) in [7, 11) is -1.90. The number of aromatic nitrogens is 2. The predicted molar refractivity (Wildman–Crippen MR) is 106 cm³/mol. The van der Waals surface area contributed by atoms with Gasteiger partial charge in [-0.05, 0) is 32.5 Å². The summed E-state index contributed by atoms with van der Waals surface area (Å²) in [6.45, 7) is 9.72. The molecule has 1 heterocycles. The second kappa shape index (κ2) is 11.8. The van der Waals surface area contributed by atoms with E-state index in [-0.39, 0.29) is 25.6 Å². The average molecular weight is 412 g/mol. The topological polar surface area (TPSA) is 124 Å². The van der Waals surface area contributed by atoms with Crippen LogP contribution in [0.25, 0.3) is 0 Å². The van der Waals surface area contributed by atoms with Crippen LogP contribution in [-0.4, -0.2) is 62.2 Å². The molecule has 0 atom stereocenters. The molecule has 1 rings (SSSR count). The summed E-state index contributed by atoms with van der Waals surface area (Å²) in [6.07, 6.45) is 5.79. The summed E-state index contributed by atoms with van der Waals surface area (Å²) in [6, 6.07) is 0.353. The molecule has 1 aromatic rings. The molecule has 1 aromatic heterocycles. The number of hydrogen-bond acceptors (Lipinski definition) is 6. The zero-order valence-electron chi connectivity index (χ0n) is 16.6. The van der Waals surface area contributed by atoms with Gasteiger partial charge in [-0.1, -0.05) is 6.58 Å². The van der Waals surface area contributed by atoms with Gasteiger partial charge in [-0.2, -0.15) is 4.73 Å². The van der Waals surface area contributed by atoms with E-state index in [0.717, 1.165) is 12.5 Å². The van der Waals surface area contributed by atoms with Gasteiger partial charge in [0.1, 0.15) is 12.9 Å². The summed E-state index contributed by atoms with van der Waals surface area (Å²) in [4.78, 5) is 38.4. The molecule has 28 heavy (non-hydrogen) atoms. The van der Waals surface area contributed by atoms with Crippen LogP contribution < -0.4 is 20.5 Å². The molecule has 0 aliphatic heterocycles. The van der Waals surface area contributed by atoms with Crippen LogP contribution in [0.2, 0.25) is 19.1 Å². The third-order valence-electron chi connectivity index (χ3n) is 3.49. The highest BCUT2D eigenvalue weighted by Gasteiger charge is 2.25. The molecule has 0 bridgehead atoms. The van der Waals surface area contributed by atoms with E-state index in [4.69, 9.17) is 9.26 Å². The molecule has 3 amide bonds. The second-order valence-electron chi connectivity index (χ2n) is 6.75. The standard InChI is InChI=1S/C17H29N5O5Si/c1-14(2)16(24)26-10-8-20-17(25)21-12-15(23)19-6-5-11-28(3,4)27-22-9-7-18-13-22/h7,9,13H,1,5-6,8,10-12H2,2-4H3,(H,19,23)(H2,20,21,25). The molecule has 0 saturated carbocycles. The van der Waals surface area contributed by atoms with E-state index in [1.807, 2.05) is 0 Å². The maximum atomic E-state index is 11.8. The molecule has 0 spiro atoms. The minimum absolute atomic E-state index is 0.0339. The monoisotopic (exact) mass is 411 g/mol. The Hall–Kier alpha value is -2.82. The van der Waals surface area contributed by atoms with Gasteiger partial charge in [-0.25, -0.2) is 14.6 Å². The van der Waals surface area contributed by atoms with Gasteiger partial charge in [0.15, 0.2) is 0 Å². The molecule has 0 aliphatic rings. The van der Waals surface area contributed by atoms with Crippen molar-refractivity contribution in [1.29, 1.82) is 0 Å². The van der Waals surface area contributed by atoms with Gasteiger partial charge in [0.25, 0.3) is 8.32 Å². The number of esters is 1. The van der Waals surface area contributed by atoms with Crippen LogP contribution in [0.15, 0.2) is 30.9 Å². The molecule has 11 heteroatoms. The van der Waals surface area contributed by atoms with Gasteiger partial charge in [-0.15, -0.1) is 0 Å². The highest BCUT2D eigenvalue weighted by Crippen LogP contribution is 2.10. The Balaban J connectivity index is 2.07. The third-order valence-corrected chi connectivity index (χ3v) is 5.75. The third kappa shape index (κ3) is 10.4. The molecule has 0 aliphatic carbocycles. The molecule has 0 unspecified atom stereocenters. The maximum absolute atomic E-state index is 11.8. The molecular formula is C17H29N5O5Si. The van der Waals surface area contributed by atoms with Crippen LogP contribution in [0.1, 0.15) is 13.3 Å². The lowest BCUT2D eigenvalue weighted by Gasteiger charge is -2.23. The van der Waals surface area contributed by atoms with Crippen molar-refractivity contribution in [3.05, 3.63) is 30.9 Å². The molecule has 0 aromatic carbocycles. The summed E-state index contributed by atoms with van der Waals surface area (Å²) < 4.78 is 12.3. The van der Waals surface area contributed by atoms with Crippen molar-refractivity contribution in [3.8, 4) is 0 Å². The Morgan fingerprint density at radius 3 is 2.57 bits per heavy atom. The van der Waals surface area contributed by atoms with E-state index in [2.05, 4.69) is 40.6 Å². The second-order valence-corrected chi connectivity index (χ2v) is 11.0. The van der Waals surface area contributed by atoms with Crippen LogP contribution in [0.3, 0.4) is 0 Å². The van der Waals surface area contributed by atoms with E-state index in [0.29, 0.717) is 12.1 Å². The van der Waals surface area contributed by atoms with Crippen molar-refractivity contribution in [2.45, 2.75) is 32.5 Å². The first-order chi connectivity index (χ1) is 13.2. The average Bonchev–Trinajstić information content (AvgIpc) is 3.12. The smallest absolute Gasteiger partial charge is 0.333 e. The highest BCUT2D eigenvalue weighted by molar-refractivity contribution is 6.71. The maximum Gasteiger partial charge on any atom is 0.333 e. The Bertz CT molecular complexity index is 663. The van der Waals surface area contributed by atoms with Crippen LogP contribution in [-0.2, 0) is 14.3 Å². The molecule has 3 N–H and O–H groups in total. The number of carbonyl (C=O) groups excluding carboxylic acids is 3. The first-order valence-electron chi connectivity index (χ1n) is 8.98. The largest absolute Gasteiger partial charge is 0.469 e. The number of imidazole rings is 1. The first kappa shape index (κ1) is 23.2. The SMILES string of the molecule is C=C(C)C(=O)OCCNC(=O)NCC(=O)NCCC[Si](C)(C)On1ccnc1. The number of nitrogens with zero attached hydrogens (tertiary/aromatic N) is 2.